The maximum atomic E-state index is 13.8. The van der Waals surface area contributed by atoms with Gasteiger partial charge in [-0.2, -0.15) is 0 Å². The van der Waals surface area contributed by atoms with Gasteiger partial charge in [-0.25, -0.2) is 8.78 Å². The number of benzene rings is 2. The van der Waals surface area contributed by atoms with Gasteiger partial charge in [-0.1, -0.05) is 25.1 Å². The first-order chi connectivity index (χ1) is 11.6. The van der Waals surface area contributed by atoms with Gasteiger partial charge < -0.3 is 10.6 Å². The van der Waals surface area contributed by atoms with Crippen LogP contribution in [0.25, 0.3) is 0 Å². The number of nitrogens with one attached hydrogen (secondary N) is 2. The van der Waals surface area contributed by atoms with Crippen molar-refractivity contribution in [2.75, 3.05) is 11.9 Å². The zero-order valence-electron chi connectivity index (χ0n) is 13.9. The SMILES string of the molecule is CCNCc1ccccc1NC(=O)C1CC1c1cc(F)ccc1F.Cl. The fourth-order valence-corrected chi connectivity index (χ4v) is 2.91. The first-order valence-corrected chi connectivity index (χ1v) is 8.14. The first-order valence-electron chi connectivity index (χ1n) is 8.14. The van der Waals surface area contributed by atoms with Gasteiger partial charge in [0.1, 0.15) is 11.6 Å². The van der Waals surface area contributed by atoms with Crippen LogP contribution in [-0.2, 0) is 11.3 Å². The molecule has 0 aromatic heterocycles. The summed E-state index contributed by atoms with van der Waals surface area (Å²) in [6, 6.07) is 11.0. The van der Waals surface area contributed by atoms with Crippen molar-refractivity contribution in [3.8, 4) is 0 Å². The normalized spacial score (nSPS) is 18.4. The second-order valence-corrected chi connectivity index (χ2v) is 6.04. The van der Waals surface area contributed by atoms with E-state index in [2.05, 4.69) is 10.6 Å². The second-order valence-electron chi connectivity index (χ2n) is 6.04. The fraction of sp³-hybridized carbons (Fsp3) is 0.316. The summed E-state index contributed by atoms with van der Waals surface area (Å²) >= 11 is 0. The molecule has 2 N–H and O–H groups in total. The van der Waals surface area contributed by atoms with E-state index in [0.29, 0.717) is 13.0 Å². The molecule has 0 radical (unpaired) electrons. The molecule has 2 atom stereocenters. The van der Waals surface area contributed by atoms with Crippen molar-refractivity contribution in [3.05, 3.63) is 65.2 Å². The van der Waals surface area contributed by atoms with Crippen molar-refractivity contribution in [1.29, 1.82) is 0 Å². The third kappa shape index (κ3) is 4.55. The van der Waals surface area contributed by atoms with Gasteiger partial charge in [0.15, 0.2) is 0 Å². The van der Waals surface area contributed by atoms with Crippen molar-refractivity contribution < 1.29 is 13.6 Å². The number of carbonyl (C=O) groups excluding carboxylic acids is 1. The Morgan fingerprint density at radius 2 is 1.96 bits per heavy atom. The van der Waals surface area contributed by atoms with Crippen LogP contribution in [-0.4, -0.2) is 12.5 Å². The molecule has 0 saturated heterocycles. The number of hydrogen-bond donors (Lipinski definition) is 2. The van der Waals surface area contributed by atoms with Crippen molar-refractivity contribution in [1.82, 2.24) is 5.32 Å². The van der Waals surface area contributed by atoms with Crippen LogP contribution in [0.5, 0.6) is 0 Å². The average Bonchev–Trinajstić information content (AvgIpc) is 3.37. The Hall–Kier alpha value is -1.98. The van der Waals surface area contributed by atoms with Crippen LogP contribution >= 0.6 is 12.4 Å². The Kier molecular flexibility index (Phi) is 6.51. The van der Waals surface area contributed by atoms with Crippen LogP contribution < -0.4 is 10.6 Å². The number of halogens is 3. The Bertz CT molecular complexity index is 754. The number of amides is 1. The highest BCUT2D eigenvalue weighted by Crippen LogP contribution is 2.49. The Morgan fingerprint density at radius 3 is 2.72 bits per heavy atom. The smallest absolute Gasteiger partial charge is 0.228 e. The zero-order valence-corrected chi connectivity index (χ0v) is 14.7. The lowest BCUT2D eigenvalue weighted by Crippen LogP contribution is -2.18. The molecule has 1 aliphatic rings. The highest BCUT2D eigenvalue weighted by molar-refractivity contribution is 5.95. The Morgan fingerprint density at radius 1 is 1.20 bits per heavy atom. The monoisotopic (exact) mass is 366 g/mol. The zero-order chi connectivity index (χ0) is 17.1. The molecule has 1 amide bonds. The maximum Gasteiger partial charge on any atom is 0.228 e. The molecule has 1 fully saturated rings. The summed E-state index contributed by atoms with van der Waals surface area (Å²) in [6.45, 7) is 3.52. The molecular weight excluding hydrogens is 346 g/mol. The van der Waals surface area contributed by atoms with Crippen molar-refractivity contribution in [3.63, 3.8) is 0 Å². The molecule has 1 saturated carbocycles. The molecule has 0 spiro atoms. The van der Waals surface area contributed by atoms with Gasteiger partial charge in [0.2, 0.25) is 5.91 Å². The predicted molar refractivity (Wildman–Crippen MR) is 96.9 cm³/mol. The molecule has 6 heteroatoms. The van der Waals surface area contributed by atoms with Gasteiger partial charge in [0, 0.05) is 18.2 Å². The van der Waals surface area contributed by atoms with Gasteiger partial charge in [-0.15, -0.1) is 12.4 Å². The van der Waals surface area contributed by atoms with Crippen LogP contribution in [0.2, 0.25) is 0 Å². The standard InChI is InChI=1S/C19H20F2N2O.ClH/c1-2-22-11-12-5-3-4-6-18(12)23-19(24)16-10-14(16)15-9-13(20)7-8-17(15)21;/h3-9,14,16,22H,2,10-11H2,1H3,(H,23,24);1H. The van der Waals surface area contributed by atoms with Crippen LogP contribution in [0, 0.1) is 17.6 Å². The Balaban J connectivity index is 0.00000225. The molecule has 2 aromatic rings. The molecule has 0 bridgehead atoms. The van der Waals surface area contributed by atoms with Crippen LogP contribution in [0.3, 0.4) is 0 Å². The third-order valence-corrected chi connectivity index (χ3v) is 4.33. The third-order valence-electron chi connectivity index (χ3n) is 4.33. The second kappa shape index (κ2) is 8.41. The number of carbonyl (C=O) groups is 1. The summed E-state index contributed by atoms with van der Waals surface area (Å²) in [5.41, 5.74) is 2.05. The number of para-hydroxylation sites is 1. The summed E-state index contributed by atoms with van der Waals surface area (Å²) in [6.07, 6.45) is 0.543. The number of rotatable bonds is 6. The minimum atomic E-state index is -0.478. The van der Waals surface area contributed by atoms with E-state index in [1.165, 1.54) is 6.07 Å². The average molecular weight is 367 g/mol. The van der Waals surface area contributed by atoms with E-state index in [0.717, 1.165) is 29.9 Å². The molecule has 2 aromatic carbocycles. The molecule has 2 unspecified atom stereocenters. The molecular formula is C19H21ClF2N2O. The lowest BCUT2D eigenvalue weighted by molar-refractivity contribution is -0.117. The van der Waals surface area contributed by atoms with Crippen molar-refractivity contribution >= 4 is 24.0 Å². The fourth-order valence-electron chi connectivity index (χ4n) is 2.91. The summed E-state index contributed by atoms with van der Waals surface area (Å²) in [5, 5.41) is 6.15. The van der Waals surface area contributed by atoms with E-state index in [-0.39, 0.29) is 35.7 Å². The van der Waals surface area contributed by atoms with E-state index >= 15 is 0 Å². The van der Waals surface area contributed by atoms with Gasteiger partial charge in [-0.3, -0.25) is 4.79 Å². The number of anilines is 1. The predicted octanol–water partition coefficient (Wildman–Crippen LogP) is 4.24. The maximum absolute atomic E-state index is 13.8. The highest BCUT2D eigenvalue weighted by atomic mass is 35.5. The Labute approximate surface area is 152 Å². The molecule has 3 nitrogen and oxygen atoms in total. The highest BCUT2D eigenvalue weighted by Gasteiger charge is 2.45. The van der Waals surface area contributed by atoms with Gasteiger partial charge in [0.05, 0.1) is 0 Å². The van der Waals surface area contributed by atoms with E-state index < -0.39 is 11.6 Å². The molecule has 0 aliphatic heterocycles. The van der Waals surface area contributed by atoms with E-state index in [1.807, 2.05) is 31.2 Å². The van der Waals surface area contributed by atoms with Crippen molar-refractivity contribution in [2.45, 2.75) is 25.8 Å². The topological polar surface area (TPSA) is 41.1 Å². The molecule has 134 valence electrons. The van der Waals surface area contributed by atoms with Gasteiger partial charge in [-0.05, 0) is 54.3 Å². The molecule has 25 heavy (non-hydrogen) atoms. The van der Waals surface area contributed by atoms with E-state index in [1.54, 1.807) is 0 Å². The van der Waals surface area contributed by atoms with Crippen molar-refractivity contribution in [2.24, 2.45) is 5.92 Å². The molecule has 3 rings (SSSR count). The van der Waals surface area contributed by atoms with E-state index in [4.69, 9.17) is 0 Å². The molecule has 1 aliphatic carbocycles. The minimum absolute atomic E-state index is 0. The summed E-state index contributed by atoms with van der Waals surface area (Å²) in [5.74, 6) is -1.64. The summed E-state index contributed by atoms with van der Waals surface area (Å²) in [7, 11) is 0. The summed E-state index contributed by atoms with van der Waals surface area (Å²) in [4.78, 5) is 12.4. The quantitative estimate of drug-likeness (QED) is 0.803. The first kappa shape index (κ1) is 19.3. The summed E-state index contributed by atoms with van der Waals surface area (Å²) < 4.78 is 27.1. The van der Waals surface area contributed by atoms with Crippen LogP contribution in [0.1, 0.15) is 30.4 Å². The number of hydrogen-bond acceptors (Lipinski definition) is 2. The lowest BCUT2D eigenvalue weighted by atomic mass is 10.1. The molecule has 0 heterocycles. The van der Waals surface area contributed by atoms with E-state index in [9.17, 15) is 13.6 Å². The van der Waals surface area contributed by atoms with Crippen LogP contribution in [0.15, 0.2) is 42.5 Å². The van der Waals surface area contributed by atoms with Gasteiger partial charge >= 0.3 is 0 Å². The lowest BCUT2D eigenvalue weighted by Gasteiger charge is -2.11. The largest absolute Gasteiger partial charge is 0.326 e. The van der Waals surface area contributed by atoms with Crippen LogP contribution in [0.4, 0.5) is 14.5 Å². The minimum Gasteiger partial charge on any atom is -0.326 e. The van der Waals surface area contributed by atoms with Gasteiger partial charge in [0.25, 0.3) is 0 Å².